The van der Waals surface area contributed by atoms with Crippen LogP contribution in [0.4, 0.5) is 28.0 Å². The van der Waals surface area contributed by atoms with E-state index in [9.17, 15) is 32.3 Å². The first kappa shape index (κ1) is 35.5. The summed E-state index contributed by atoms with van der Waals surface area (Å²) in [5.41, 5.74) is 2.58. The molecule has 14 heteroatoms. The molecule has 6 aromatic rings. The molecule has 1 unspecified atom stereocenters. The van der Waals surface area contributed by atoms with Crippen molar-refractivity contribution in [2.75, 3.05) is 18.0 Å². The summed E-state index contributed by atoms with van der Waals surface area (Å²) >= 11 is 0. The molecule has 0 radical (unpaired) electrons. The van der Waals surface area contributed by atoms with Crippen LogP contribution in [0.25, 0.3) is 44.6 Å². The number of nitrogens with one attached hydrogen (secondary N) is 2. The molecular formula is C39H36F4N6O4. The third kappa shape index (κ3) is 7.13. The molecular weight excluding hydrogens is 692 g/mol. The molecule has 0 spiro atoms. The molecule has 1 aliphatic rings. The van der Waals surface area contributed by atoms with E-state index in [2.05, 4.69) is 15.3 Å². The molecule has 10 nitrogen and oxygen atoms in total. The van der Waals surface area contributed by atoms with Gasteiger partial charge in [0.1, 0.15) is 28.7 Å². The molecule has 1 amide bonds. The van der Waals surface area contributed by atoms with E-state index in [0.29, 0.717) is 53.7 Å². The summed E-state index contributed by atoms with van der Waals surface area (Å²) in [4.78, 5) is 40.0. The summed E-state index contributed by atoms with van der Waals surface area (Å²) in [6.07, 6.45) is 3.41. The predicted octanol–water partition coefficient (Wildman–Crippen LogP) is 8.28. The minimum Gasteiger partial charge on any atom is -0.479 e. The van der Waals surface area contributed by atoms with E-state index in [1.54, 1.807) is 51.2 Å². The van der Waals surface area contributed by atoms with Gasteiger partial charge in [0.2, 0.25) is 0 Å². The summed E-state index contributed by atoms with van der Waals surface area (Å²) < 4.78 is 65.1. The number of aromatic amines is 1. The van der Waals surface area contributed by atoms with Crippen molar-refractivity contribution < 1.29 is 37.0 Å². The maximum absolute atomic E-state index is 14.8. The van der Waals surface area contributed by atoms with Crippen molar-refractivity contribution in [1.29, 1.82) is 0 Å². The second-order valence-corrected chi connectivity index (χ2v) is 14.3. The quantitative estimate of drug-likeness (QED) is 0.141. The molecule has 0 bridgehead atoms. The summed E-state index contributed by atoms with van der Waals surface area (Å²) in [6, 6.07) is 10.6. The van der Waals surface area contributed by atoms with Crippen LogP contribution in [0.3, 0.4) is 0 Å². The Morgan fingerprint density at radius 1 is 0.962 bits per heavy atom. The Labute approximate surface area is 301 Å². The zero-order valence-electron chi connectivity index (χ0n) is 29.3. The highest BCUT2D eigenvalue weighted by Gasteiger charge is 2.32. The van der Waals surface area contributed by atoms with E-state index < -0.39 is 47.0 Å². The molecule has 1 aliphatic heterocycles. The monoisotopic (exact) mass is 728 g/mol. The van der Waals surface area contributed by atoms with Gasteiger partial charge in [0.15, 0.2) is 17.7 Å². The van der Waals surface area contributed by atoms with Crippen LogP contribution >= 0.6 is 0 Å². The van der Waals surface area contributed by atoms with Gasteiger partial charge in [0.25, 0.3) is 0 Å². The van der Waals surface area contributed by atoms with Crippen molar-refractivity contribution in [3.63, 3.8) is 0 Å². The number of aromatic nitrogens is 4. The molecule has 1 fully saturated rings. The van der Waals surface area contributed by atoms with Crippen molar-refractivity contribution in [3.8, 4) is 22.5 Å². The van der Waals surface area contributed by atoms with Crippen LogP contribution in [0.5, 0.6) is 0 Å². The van der Waals surface area contributed by atoms with Gasteiger partial charge in [-0.05, 0) is 63.8 Å². The van der Waals surface area contributed by atoms with Gasteiger partial charge in [-0.3, -0.25) is 0 Å². The average molecular weight is 729 g/mol. The number of halogens is 4. The number of carboxylic acid groups (broad SMARTS) is 1. The third-order valence-corrected chi connectivity index (χ3v) is 9.20. The lowest BCUT2D eigenvalue weighted by molar-refractivity contribution is -0.139. The number of aryl methyl sites for hydroxylation is 1. The number of H-pyrrole nitrogens is 1. The number of fused-ring (bicyclic) bond motifs is 2. The Balaban J connectivity index is 1.46. The number of carbonyl (C=O) groups excluding carboxylic acids is 1. The zero-order chi connectivity index (χ0) is 37.8. The summed E-state index contributed by atoms with van der Waals surface area (Å²) in [6.45, 7) is 7.93. The lowest BCUT2D eigenvalue weighted by Gasteiger charge is -2.36. The number of amides is 1. The van der Waals surface area contributed by atoms with Crippen molar-refractivity contribution in [2.45, 2.75) is 58.2 Å². The first-order valence-electron chi connectivity index (χ1n) is 17.0. The Bertz CT molecular complexity index is 2320. The number of aliphatic carboxylic acids is 1. The molecule has 53 heavy (non-hydrogen) atoms. The standard InChI is InChI=1S/C39H36F4N6O4/c1-20-5-7-21(8-6-20)33(37(50)51)49-19-27(35-46-30-16-28(42)29(43)17-31(30)47-35)32-34(26(18-44-36(32)49)22-13-23(40)15-24(41)14-22)48-11-9-25(10-12-48)45-38(52)53-39(2,3)4/h5-8,13-19,25,33H,9-12H2,1-4H3,(H,45,52)(H,46,47)(H,50,51). The number of benzene rings is 3. The number of ether oxygens (including phenoxy) is 1. The molecule has 7 rings (SSSR count). The highest BCUT2D eigenvalue weighted by atomic mass is 19.2. The average Bonchev–Trinajstić information content (AvgIpc) is 3.65. The minimum atomic E-state index is -1.27. The van der Waals surface area contributed by atoms with Crippen LogP contribution < -0.4 is 10.2 Å². The number of anilines is 1. The molecule has 274 valence electrons. The van der Waals surface area contributed by atoms with Gasteiger partial charge in [0, 0.05) is 60.9 Å². The molecule has 4 heterocycles. The van der Waals surface area contributed by atoms with E-state index in [0.717, 1.165) is 23.8 Å². The fraction of sp³-hybridized carbons (Fsp3) is 0.282. The van der Waals surface area contributed by atoms with E-state index >= 15 is 0 Å². The van der Waals surface area contributed by atoms with Crippen LogP contribution in [0.1, 0.15) is 50.8 Å². The van der Waals surface area contributed by atoms with Gasteiger partial charge in [-0.1, -0.05) is 29.8 Å². The summed E-state index contributed by atoms with van der Waals surface area (Å²) in [7, 11) is 0. The van der Waals surface area contributed by atoms with Gasteiger partial charge in [-0.2, -0.15) is 0 Å². The number of carboxylic acids is 1. The van der Waals surface area contributed by atoms with Gasteiger partial charge < -0.3 is 29.6 Å². The third-order valence-electron chi connectivity index (χ3n) is 9.20. The Morgan fingerprint density at radius 3 is 2.26 bits per heavy atom. The smallest absolute Gasteiger partial charge is 0.407 e. The largest absolute Gasteiger partial charge is 0.479 e. The normalized spacial score (nSPS) is 14.5. The lowest BCUT2D eigenvalue weighted by Crippen LogP contribution is -2.46. The van der Waals surface area contributed by atoms with Crippen LogP contribution in [-0.4, -0.2) is 61.4 Å². The molecule has 3 aromatic carbocycles. The van der Waals surface area contributed by atoms with Crippen LogP contribution in [-0.2, 0) is 9.53 Å². The van der Waals surface area contributed by atoms with Crippen LogP contribution in [0.15, 0.2) is 67.0 Å². The second kappa shape index (κ2) is 13.6. The van der Waals surface area contributed by atoms with Crippen molar-refractivity contribution >= 4 is 39.8 Å². The fourth-order valence-electron chi connectivity index (χ4n) is 6.85. The number of rotatable bonds is 7. The molecule has 1 atom stereocenters. The molecule has 1 saturated heterocycles. The highest BCUT2D eigenvalue weighted by molar-refractivity contribution is 6.08. The van der Waals surface area contributed by atoms with E-state index in [4.69, 9.17) is 9.72 Å². The predicted molar refractivity (Wildman–Crippen MR) is 192 cm³/mol. The number of pyridine rings is 1. The number of carbonyl (C=O) groups is 2. The molecule has 3 aromatic heterocycles. The maximum Gasteiger partial charge on any atom is 0.407 e. The first-order valence-corrected chi connectivity index (χ1v) is 17.0. The number of nitrogens with zero attached hydrogens (tertiary/aromatic N) is 4. The number of imidazole rings is 1. The van der Waals surface area contributed by atoms with E-state index in [1.165, 1.54) is 22.9 Å². The van der Waals surface area contributed by atoms with Crippen molar-refractivity contribution in [3.05, 3.63) is 101 Å². The van der Waals surface area contributed by atoms with Crippen LogP contribution in [0, 0.1) is 30.2 Å². The molecule has 0 aliphatic carbocycles. The number of alkyl carbamates (subject to hydrolysis) is 1. The Morgan fingerprint density at radius 2 is 1.62 bits per heavy atom. The Hall–Kier alpha value is -5.92. The number of hydrogen-bond acceptors (Lipinski definition) is 6. The summed E-state index contributed by atoms with van der Waals surface area (Å²) in [5.74, 6) is -4.81. The van der Waals surface area contributed by atoms with Gasteiger partial charge >= 0.3 is 12.1 Å². The summed E-state index contributed by atoms with van der Waals surface area (Å²) in [5, 5.41) is 14.0. The van der Waals surface area contributed by atoms with Gasteiger partial charge in [-0.15, -0.1) is 0 Å². The fourth-order valence-corrected chi connectivity index (χ4v) is 6.85. The second-order valence-electron chi connectivity index (χ2n) is 14.3. The van der Waals surface area contributed by atoms with Crippen molar-refractivity contribution in [1.82, 2.24) is 24.8 Å². The van der Waals surface area contributed by atoms with E-state index in [-0.39, 0.29) is 34.1 Å². The zero-order valence-corrected chi connectivity index (χ0v) is 29.3. The van der Waals surface area contributed by atoms with E-state index in [1.807, 2.05) is 11.8 Å². The minimum absolute atomic E-state index is 0.125. The topological polar surface area (TPSA) is 125 Å². The molecule has 0 saturated carbocycles. The highest BCUT2D eigenvalue weighted by Crippen LogP contribution is 2.45. The van der Waals surface area contributed by atoms with Gasteiger partial charge in [-0.25, -0.2) is 37.1 Å². The SMILES string of the molecule is Cc1ccc(C(C(=O)O)n2cc(-c3nc4cc(F)c(F)cc4[nH]3)c3c(N4CCC(NC(=O)OC(C)(C)C)CC4)c(-c4cc(F)cc(F)c4)cnc32)cc1. The van der Waals surface area contributed by atoms with Gasteiger partial charge in [0.05, 0.1) is 22.1 Å². The maximum atomic E-state index is 14.8. The first-order chi connectivity index (χ1) is 25.1. The van der Waals surface area contributed by atoms with Crippen molar-refractivity contribution in [2.24, 2.45) is 0 Å². The Kier molecular flexibility index (Phi) is 9.08. The molecule has 3 N–H and O–H groups in total. The van der Waals surface area contributed by atoms with Crippen LogP contribution in [0.2, 0.25) is 0 Å². The lowest BCUT2D eigenvalue weighted by atomic mass is 9.98. The number of piperidine rings is 1. The number of hydrogen-bond donors (Lipinski definition) is 3.